The molecule has 3 heterocycles. The number of amides is 1. The van der Waals surface area contributed by atoms with E-state index in [4.69, 9.17) is 9.73 Å². The fraction of sp³-hybridized carbons (Fsp3) is 0.160. The molecule has 1 aliphatic heterocycles. The Morgan fingerprint density at radius 1 is 1.12 bits per heavy atom. The summed E-state index contributed by atoms with van der Waals surface area (Å²) < 4.78 is 9.39. The summed E-state index contributed by atoms with van der Waals surface area (Å²) in [5, 5.41) is 7.24. The maximum absolute atomic E-state index is 12.9. The smallest absolute Gasteiger partial charge is 0.256 e. The van der Waals surface area contributed by atoms with E-state index in [2.05, 4.69) is 15.0 Å². The van der Waals surface area contributed by atoms with Gasteiger partial charge in [0.15, 0.2) is 0 Å². The lowest BCUT2D eigenvalue weighted by atomic mass is 10.0. The van der Waals surface area contributed by atoms with E-state index in [-0.39, 0.29) is 5.91 Å². The molecule has 0 saturated carbocycles. The first-order valence-electron chi connectivity index (χ1n) is 10.4. The number of aliphatic imine (C=N–C) groups is 1. The number of nitrogens with one attached hydrogen (secondary N) is 1. The van der Waals surface area contributed by atoms with Crippen molar-refractivity contribution in [3.8, 4) is 16.9 Å². The molecule has 1 amide bonds. The third-order valence-corrected chi connectivity index (χ3v) is 5.57. The summed E-state index contributed by atoms with van der Waals surface area (Å²) in [6.07, 6.45) is 8.30. The predicted octanol–water partition coefficient (Wildman–Crippen LogP) is 3.96. The van der Waals surface area contributed by atoms with Crippen LogP contribution in [-0.4, -0.2) is 33.2 Å². The molecule has 160 valence electrons. The summed E-state index contributed by atoms with van der Waals surface area (Å²) in [4.78, 5) is 17.6. The van der Waals surface area contributed by atoms with Crippen molar-refractivity contribution in [3.05, 3.63) is 90.0 Å². The molecule has 7 heteroatoms. The highest BCUT2D eigenvalue weighted by molar-refractivity contribution is 6.10. The highest BCUT2D eigenvalue weighted by Gasteiger charge is 2.24. The van der Waals surface area contributed by atoms with Crippen molar-refractivity contribution in [2.24, 2.45) is 12.0 Å². The molecule has 0 radical (unpaired) electrons. The minimum absolute atomic E-state index is 0.175. The third kappa shape index (κ3) is 3.80. The van der Waals surface area contributed by atoms with E-state index < -0.39 is 0 Å². The van der Waals surface area contributed by atoms with Gasteiger partial charge in [-0.15, -0.1) is 0 Å². The summed E-state index contributed by atoms with van der Waals surface area (Å²) in [5.74, 6) is 1.19. The molecule has 2 aromatic carbocycles. The minimum Gasteiger partial charge on any atom is -0.496 e. The van der Waals surface area contributed by atoms with E-state index >= 15 is 0 Å². The quantitative estimate of drug-likeness (QED) is 0.526. The van der Waals surface area contributed by atoms with E-state index in [9.17, 15) is 4.79 Å². The van der Waals surface area contributed by atoms with Crippen LogP contribution in [0.4, 0.5) is 5.69 Å². The van der Waals surface area contributed by atoms with E-state index in [0.717, 1.165) is 40.2 Å². The first-order chi connectivity index (χ1) is 15.6. The van der Waals surface area contributed by atoms with Crippen molar-refractivity contribution in [1.29, 1.82) is 0 Å². The van der Waals surface area contributed by atoms with Gasteiger partial charge in [-0.2, -0.15) is 5.10 Å². The number of carbonyl (C=O) groups excluding carboxylic acids is 1. The lowest BCUT2D eigenvalue weighted by molar-refractivity contribution is 0.0976. The zero-order valence-corrected chi connectivity index (χ0v) is 17.9. The van der Waals surface area contributed by atoms with Crippen LogP contribution in [0, 0.1) is 0 Å². The van der Waals surface area contributed by atoms with Crippen molar-refractivity contribution in [1.82, 2.24) is 19.7 Å². The average Bonchev–Trinajstić information content (AvgIpc) is 3.55. The van der Waals surface area contributed by atoms with Gasteiger partial charge in [0.25, 0.3) is 5.91 Å². The Bertz CT molecular complexity index is 1300. The van der Waals surface area contributed by atoms with E-state index in [1.165, 1.54) is 0 Å². The fourth-order valence-electron chi connectivity index (χ4n) is 3.97. The minimum atomic E-state index is -0.175. The van der Waals surface area contributed by atoms with Crippen LogP contribution >= 0.6 is 0 Å². The molecule has 7 nitrogen and oxygen atoms in total. The lowest BCUT2D eigenvalue weighted by Crippen LogP contribution is -2.30. The molecule has 4 aromatic rings. The molecule has 0 bridgehead atoms. The maximum atomic E-state index is 12.9. The van der Waals surface area contributed by atoms with Crippen molar-refractivity contribution < 1.29 is 9.53 Å². The average molecular weight is 425 g/mol. The number of rotatable bonds is 5. The number of hydrogen-bond acceptors (Lipinski definition) is 4. The molecule has 0 aliphatic carbocycles. The number of benzene rings is 2. The second kappa shape index (κ2) is 8.19. The highest BCUT2D eigenvalue weighted by atomic mass is 16.5. The van der Waals surface area contributed by atoms with Crippen LogP contribution in [0.1, 0.15) is 21.5 Å². The van der Waals surface area contributed by atoms with E-state index in [1.54, 1.807) is 11.8 Å². The topological polar surface area (TPSA) is 73.4 Å². The molecule has 5 rings (SSSR count). The number of hydrogen-bond donors (Lipinski definition) is 1. The summed E-state index contributed by atoms with van der Waals surface area (Å²) in [6, 6.07) is 15.6. The molecule has 0 saturated heterocycles. The number of fused-ring (bicyclic) bond motifs is 1. The van der Waals surface area contributed by atoms with Gasteiger partial charge in [0, 0.05) is 60.9 Å². The van der Waals surface area contributed by atoms with Gasteiger partial charge in [-0.25, -0.2) is 4.99 Å². The van der Waals surface area contributed by atoms with Crippen molar-refractivity contribution >= 4 is 17.4 Å². The van der Waals surface area contributed by atoms with Crippen LogP contribution < -0.4 is 10.1 Å². The summed E-state index contributed by atoms with van der Waals surface area (Å²) in [7, 11) is 3.53. The van der Waals surface area contributed by atoms with E-state index in [1.807, 2.05) is 80.4 Å². The first kappa shape index (κ1) is 19.8. The summed E-state index contributed by atoms with van der Waals surface area (Å²) in [6.45, 7) is 0.772. The fourth-order valence-corrected chi connectivity index (χ4v) is 3.97. The maximum Gasteiger partial charge on any atom is 0.256 e. The van der Waals surface area contributed by atoms with Crippen LogP contribution in [-0.2, 0) is 20.0 Å². The Morgan fingerprint density at radius 3 is 2.59 bits per heavy atom. The summed E-state index contributed by atoms with van der Waals surface area (Å²) in [5.41, 5.74) is 5.45. The van der Waals surface area contributed by atoms with Crippen LogP contribution in [0.3, 0.4) is 0 Å². The predicted molar refractivity (Wildman–Crippen MR) is 123 cm³/mol. The van der Waals surface area contributed by atoms with Gasteiger partial charge in [-0.3, -0.25) is 9.48 Å². The first-order valence-corrected chi connectivity index (χ1v) is 10.4. The van der Waals surface area contributed by atoms with Gasteiger partial charge >= 0.3 is 0 Å². The van der Waals surface area contributed by atoms with Gasteiger partial charge in [0.1, 0.15) is 11.6 Å². The number of aryl methyl sites for hydroxylation is 1. The Labute approximate surface area is 186 Å². The Balaban J connectivity index is 1.35. The second-order valence-electron chi connectivity index (χ2n) is 7.79. The molecule has 1 aliphatic rings. The Morgan fingerprint density at radius 2 is 1.91 bits per heavy atom. The number of nitrogens with zero attached hydrogens (tertiary/aromatic N) is 4. The number of carbonyl (C=O) groups is 1. The second-order valence-corrected chi connectivity index (χ2v) is 7.79. The Hall–Kier alpha value is -4.13. The summed E-state index contributed by atoms with van der Waals surface area (Å²) >= 11 is 0. The third-order valence-electron chi connectivity index (χ3n) is 5.57. The van der Waals surface area contributed by atoms with Crippen LogP contribution in [0.2, 0.25) is 0 Å². The standard InChI is InChI=1S/C25H23N5O2/c1-29-16-19(14-26-29)20-9-10-22(32-2)21-13-23(27-24(20)21)28-25(31)18-7-5-17(6-8-18)15-30-11-3-4-12-30/h3-12,14,16H,13,15H2,1-2H3,(H,27,28,31). The molecule has 0 unspecified atom stereocenters. The van der Waals surface area contributed by atoms with Crippen molar-refractivity contribution in [2.45, 2.75) is 13.0 Å². The largest absolute Gasteiger partial charge is 0.496 e. The Kier molecular flexibility index (Phi) is 5.07. The number of ether oxygens (including phenoxy) is 1. The number of amidine groups is 1. The lowest BCUT2D eigenvalue weighted by Gasteiger charge is -2.09. The molecule has 2 aromatic heterocycles. The normalized spacial score (nSPS) is 12.4. The highest BCUT2D eigenvalue weighted by Crippen LogP contribution is 2.41. The van der Waals surface area contributed by atoms with Crippen LogP contribution in [0.5, 0.6) is 5.75 Å². The molecule has 1 N–H and O–H groups in total. The zero-order chi connectivity index (χ0) is 22.1. The molecule has 0 fully saturated rings. The van der Waals surface area contributed by atoms with Gasteiger partial charge in [-0.1, -0.05) is 12.1 Å². The molecule has 0 atom stereocenters. The van der Waals surface area contributed by atoms with Gasteiger partial charge in [0.2, 0.25) is 0 Å². The molecular formula is C25H23N5O2. The zero-order valence-electron chi connectivity index (χ0n) is 17.9. The van der Waals surface area contributed by atoms with Gasteiger partial charge in [-0.05, 0) is 42.0 Å². The van der Waals surface area contributed by atoms with Crippen LogP contribution in [0.25, 0.3) is 11.1 Å². The van der Waals surface area contributed by atoms with Gasteiger partial charge in [0.05, 0.1) is 19.0 Å². The number of methoxy groups -OCH3 is 1. The SMILES string of the molecule is COc1ccc(-c2cnn(C)c2)c2c1CC(NC(=O)c1ccc(Cn3cccc3)cc1)=N2. The molecule has 0 spiro atoms. The monoisotopic (exact) mass is 425 g/mol. The van der Waals surface area contributed by atoms with Crippen molar-refractivity contribution in [2.75, 3.05) is 7.11 Å². The van der Waals surface area contributed by atoms with Crippen LogP contribution in [0.15, 0.2) is 78.3 Å². The van der Waals surface area contributed by atoms with Crippen molar-refractivity contribution in [3.63, 3.8) is 0 Å². The van der Waals surface area contributed by atoms with E-state index in [0.29, 0.717) is 17.8 Å². The van der Waals surface area contributed by atoms with Gasteiger partial charge < -0.3 is 14.6 Å². The molecular weight excluding hydrogens is 402 g/mol. The molecule has 32 heavy (non-hydrogen) atoms. The number of aromatic nitrogens is 3.